The molecule has 0 radical (unpaired) electrons. The van der Waals surface area contributed by atoms with Crippen LogP contribution in [0.4, 0.5) is 5.69 Å². The molecule has 4 heteroatoms. The Morgan fingerprint density at radius 1 is 0.962 bits per heavy atom. The average molecular weight is 357 g/mol. The van der Waals surface area contributed by atoms with Crippen molar-refractivity contribution < 1.29 is 14.2 Å². The number of rotatable bonds is 11. The summed E-state index contributed by atoms with van der Waals surface area (Å²) >= 11 is 0. The molecule has 0 aliphatic carbocycles. The Hall–Kier alpha value is -2.20. The fraction of sp³-hybridized carbons (Fsp3) is 0.455. The third-order valence-electron chi connectivity index (χ3n) is 4.01. The Labute approximate surface area is 157 Å². The van der Waals surface area contributed by atoms with Gasteiger partial charge in [-0.2, -0.15) is 0 Å². The maximum atomic E-state index is 6.01. The van der Waals surface area contributed by atoms with E-state index in [1.165, 1.54) is 11.1 Å². The summed E-state index contributed by atoms with van der Waals surface area (Å²) < 4.78 is 17.0. The molecular weight excluding hydrogens is 326 g/mol. The van der Waals surface area contributed by atoms with Gasteiger partial charge in [-0.25, -0.2) is 0 Å². The largest absolute Gasteiger partial charge is 0.491 e. The number of nitrogens with one attached hydrogen (secondary N) is 1. The predicted octanol–water partition coefficient (Wildman–Crippen LogP) is 5.02. The van der Waals surface area contributed by atoms with E-state index < -0.39 is 0 Å². The molecule has 0 aliphatic rings. The van der Waals surface area contributed by atoms with Crippen LogP contribution in [0.1, 0.15) is 37.8 Å². The van der Waals surface area contributed by atoms with Gasteiger partial charge in [0.05, 0.1) is 6.61 Å². The lowest BCUT2D eigenvalue weighted by atomic mass is 10.0. The molecule has 0 heterocycles. The normalized spacial score (nSPS) is 10.8. The Balaban J connectivity index is 1.80. The first-order chi connectivity index (χ1) is 12.6. The average Bonchev–Trinajstić information content (AvgIpc) is 2.62. The summed E-state index contributed by atoms with van der Waals surface area (Å²) in [7, 11) is 0. The zero-order chi connectivity index (χ0) is 18.8. The number of anilines is 1. The van der Waals surface area contributed by atoms with Gasteiger partial charge in [-0.3, -0.25) is 0 Å². The van der Waals surface area contributed by atoms with Crippen LogP contribution >= 0.6 is 0 Å². The Morgan fingerprint density at radius 3 is 2.58 bits per heavy atom. The fourth-order valence-electron chi connectivity index (χ4n) is 2.66. The Kier molecular flexibility index (Phi) is 8.29. The highest BCUT2D eigenvalue weighted by molar-refractivity contribution is 5.48. The highest BCUT2D eigenvalue weighted by atomic mass is 16.5. The van der Waals surface area contributed by atoms with Crippen LogP contribution in [-0.4, -0.2) is 33.0 Å². The van der Waals surface area contributed by atoms with E-state index in [1.807, 2.05) is 31.2 Å². The Morgan fingerprint density at radius 2 is 1.81 bits per heavy atom. The van der Waals surface area contributed by atoms with E-state index in [-0.39, 0.29) is 0 Å². The summed E-state index contributed by atoms with van der Waals surface area (Å²) in [4.78, 5) is 0. The van der Waals surface area contributed by atoms with Crippen LogP contribution in [0.3, 0.4) is 0 Å². The minimum absolute atomic E-state index is 0.448. The number of hydrogen-bond donors (Lipinski definition) is 1. The first kappa shape index (κ1) is 20.1. The molecule has 0 spiro atoms. The van der Waals surface area contributed by atoms with Crippen LogP contribution < -0.4 is 14.8 Å². The number of benzene rings is 2. The first-order valence-electron chi connectivity index (χ1n) is 9.38. The maximum absolute atomic E-state index is 6.01. The van der Waals surface area contributed by atoms with Gasteiger partial charge in [0, 0.05) is 24.9 Å². The van der Waals surface area contributed by atoms with Gasteiger partial charge in [0.2, 0.25) is 0 Å². The summed E-state index contributed by atoms with van der Waals surface area (Å²) in [6.45, 7) is 11.7. The van der Waals surface area contributed by atoms with Crippen LogP contribution in [0, 0.1) is 6.92 Å². The zero-order valence-corrected chi connectivity index (χ0v) is 16.4. The van der Waals surface area contributed by atoms with Gasteiger partial charge in [-0.05, 0) is 49.1 Å². The molecule has 0 amide bonds. The summed E-state index contributed by atoms with van der Waals surface area (Å²) in [6.07, 6.45) is 0. The summed E-state index contributed by atoms with van der Waals surface area (Å²) in [5.74, 6) is 2.27. The van der Waals surface area contributed by atoms with Gasteiger partial charge in [-0.1, -0.05) is 32.0 Å². The molecule has 0 aromatic heterocycles. The van der Waals surface area contributed by atoms with Crippen molar-refractivity contribution >= 4 is 5.69 Å². The number of hydrogen-bond acceptors (Lipinski definition) is 4. The lowest BCUT2D eigenvalue weighted by molar-refractivity contribution is 0.110. The molecule has 4 nitrogen and oxygen atoms in total. The van der Waals surface area contributed by atoms with E-state index in [4.69, 9.17) is 14.2 Å². The fourth-order valence-corrected chi connectivity index (χ4v) is 2.66. The molecule has 2 rings (SSSR count). The van der Waals surface area contributed by atoms with Gasteiger partial charge >= 0.3 is 0 Å². The SMILES string of the molecule is CCOCCOc1cccc(NCCOc2cc(C)ccc2C(C)C)c1. The van der Waals surface area contributed by atoms with E-state index in [2.05, 4.69) is 44.3 Å². The van der Waals surface area contributed by atoms with Crippen LogP contribution in [-0.2, 0) is 4.74 Å². The molecular formula is C22H31NO3. The second kappa shape index (κ2) is 10.7. The summed E-state index contributed by atoms with van der Waals surface area (Å²) in [6, 6.07) is 14.4. The standard InChI is InChI=1S/C22H31NO3/c1-5-24-13-14-25-20-8-6-7-19(16-20)23-11-12-26-22-15-18(4)9-10-21(22)17(2)3/h6-10,15-17,23H,5,11-14H2,1-4H3. The minimum atomic E-state index is 0.448. The van der Waals surface area contributed by atoms with E-state index in [0.29, 0.717) is 32.3 Å². The molecule has 0 saturated heterocycles. The zero-order valence-electron chi connectivity index (χ0n) is 16.4. The third-order valence-corrected chi connectivity index (χ3v) is 4.01. The van der Waals surface area contributed by atoms with Crippen molar-refractivity contribution in [3.8, 4) is 11.5 Å². The third kappa shape index (κ3) is 6.60. The van der Waals surface area contributed by atoms with Gasteiger partial charge < -0.3 is 19.5 Å². The lowest BCUT2D eigenvalue weighted by Crippen LogP contribution is -2.13. The molecule has 2 aromatic rings. The smallest absolute Gasteiger partial charge is 0.123 e. The van der Waals surface area contributed by atoms with Crippen molar-refractivity contribution in [1.82, 2.24) is 0 Å². The summed E-state index contributed by atoms with van der Waals surface area (Å²) in [5, 5.41) is 3.38. The van der Waals surface area contributed by atoms with E-state index in [9.17, 15) is 0 Å². The van der Waals surface area contributed by atoms with E-state index in [0.717, 1.165) is 23.7 Å². The molecule has 0 fully saturated rings. The molecule has 0 aliphatic heterocycles. The van der Waals surface area contributed by atoms with E-state index in [1.54, 1.807) is 0 Å². The number of ether oxygens (including phenoxy) is 3. The first-order valence-corrected chi connectivity index (χ1v) is 9.38. The maximum Gasteiger partial charge on any atom is 0.123 e. The molecule has 1 N–H and O–H groups in total. The van der Waals surface area contributed by atoms with Gasteiger partial charge in [0.1, 0.15) is 24.7 Å². The predicted molar refractivity (Wildman–Crippen MR) is 108 cm³/mol. The highest BCUT2D eigenvalue weighted by Gasteiger charge is 2.08. The van der Waals surface area contributed by atoms with Crippen molar-refractivity contribution in [3.63, 3.8) is 0 Å². The van der Waals surface area contributed by atoms with Gasteiger partial charge in [-0.15, -0.1) is 0 Å². The second-order valence-corrected chi connectivity index (χ2v) is 6.54. The summed E-state index contributed by atoms with van der Waals surface area (Å²) in [5.41, 5.74) is 3.49. The highest BCUT2D eigenvalue weighted by Crippen LogP contribution is 2.27. The van der Waals surface area contributed by atoms with Crippen molar-refractivity contribution in [1.29, 1.82) is 0 Å². The second-order valence-electron chi connectivity index (χ2n) is 6.54. The quantitative estimate of drug-likeness (QED) is 0.573. The molecule has 0 unspecified atom stereocenters. The number of aryl methyl sites for hydroxylation is 1. The van der Waals surface area contributed by atoms with Crippen LogP contribution in [0.25, 0.3) is 0 Å². The van der Waals surface area contributed by atoms with E-state index >= 15 is 0 Å². The molecule has 0 saturated carbocycles. The van der Waals surface area contributed by atoms with Gasteiger partial charge in [0.15, 0.2) is 0 Å². The molecule has 0 bridgehead atoms. The molecule has 142 valence electrons. The molecule has 0 atom stereocenters. The van der Waals surface area contributed by atoms with Gasteiger partial charge in [0.25, 0.3) is 0 Å². The van der Waals surface area contributed by atoms with Crippen molar-refractivity contribution in [2.75, 3.05) is 38.3 Å². The van der Waals surface area contributed by atoms with Crippen molar-refractivity contribution in [3.05, 3.63) is 53.6 Å². The molecule has 2 aromatic carbocycles. The molecule has 26 heavy (non-hydrogen) atoms. The monoisotopic (exact) mass is 357 g/mol. The van der Waals surface area contributed by atoms with Crippen LogP contribution in [0.15, 0.2) is 42.5 Å². The van der Waals surface area contributed by atoms with Crippen molar-refractivity contribution in [2.45, 2.75) is 33.6 Å². The van der Waals surface area contributed by atoms with Crippen molar-refractivity contribution in [2.24, 2.45) is 0 Å². The Bertz CT molecular complexity index is 670. The lowest BCUT2D eigenvalue weighted by Gasteiger charge is -2.15. The topological polar surface area (TPSA) is 39.7 Å². The van der Waals surface area contributed by atoms with Crippen LogP contribution in [0.2, 0.25) is 0 Å². The van der Waals surface area contributed by atoms with Crippen LogP contribution in [0.5, 0.6) is 11.5 Å². The minimum Gasteiger partial charge on any atom is -0.491 e.